The van der Waals surface area contributed by atoms with Crippen LogP contribution in [0.2, 0.25) is 0 Å². The maximum absolute atomic E-state index is 5.37. The number of ether oxygens (including phenoxy) is 1. The number of thiophene rings is 1. The SMILES string of the molecule is Cc1cc(C)nc(N/N=C\c2ccc(N3CCOCC3)s2)n1. The summed E-state index contributed by atoms with van der Waals surface area (Å²) in [5.74, 6) is 0.527. The molecular formula is C15H19N5OS. The summed E-state index contributed by atoms with van der Waals surface area (Å²) in [5, 5.41) is 5.48. The minimum Gasteiger partial charge on any atom is -0.378 e. The van der Waals surface area contributed by atoms with Crippen LogP contribution in [0.4, 0.5) is 10.9 Å². The van der Waals surface area contributed by atoms with Crippen molar-refractivity contribution in [2.45, 2.75) is 13.8 Å². The molecule has 0 atom stereocenters. The fraction of sp³-hybridized carbons (Fsp3) is 0.400. The quantitative estimate of drug-likeness (QED) is 0.693. The molecule has 0 spiro atoms. The van der Waals surface area contributed by atoms with Crippen LogP contribution < -0.4 is 10.3 Å². The third kappa shape index (κ3) is 3.80. The molecule has 2 aromatic rings. The first-order valence-corrected chi connectivity index (χ1v) is 8.06. The normalized spacial score (nSPS) is 15.5. The second-order valence-corrected chi connectivity index (χ2v) is 6.21. The van der Waals surface area contributed by atoms with Gasteiger partial charge in [-0.3, -0.25) is 0 Å². The number of rotatable bonds is 4. The van der Waals surface area contributed by atoms with Gasteiger partial charge in [0.25, 0.3) is 0 Å². The van der Waals surface area contributed by atoms with E-state index in [-0.39, 0.29) is 0 Å². The summed E-state index contributed by atoms with van der Waals surface area (Å²) in [5.41, 5.74) is 4.74. The van der Waals surface area contributed by atoms with Crippen molar-refractivity contribution in [3.63, 3.8) is 0 Å². The topological polar surface area (TPSA) is 62.6 Å². The molecule has 22 heavy (non-hydrogen) atoms. The van der Waals surface area contributed by atoms with Gasteiger partial charge in [-0.15, -0.1) is 11.3 Å². The van der Waals surface area contributed by atoms with Crippen molar-refractivity contribution in [1.29, 1.82) is 0 Å². The summed E-state index contributed by atoms with van der Waals surface area (Å²) in [6, 6.07) is 6.14. The summed E-state index contributed by atoms with van der Waals surface area (Å²) >= 11 is 1.72. The van der Waals surface area contributed by atoms with Crippen LogP contribution in [-0.4, -0.2) is 42.5 Å². The molecule has 0 amide bonds. The molecule has 116 valence electrons. The third-order valence-electron chi connectivity index (χ3n) is 3.27. The molecule has 1 saturated heterocycles. The molecule has 7 heteroatoms. The average molecular weight is 317 g/mol. The minimum atomic E-state index is 0.527. The maximum atomic E-state index is 5.37. The molecule has 3 rings (SSSR count). The average Bonchev–Trinajstić information content (AvgIpc) is 2.96. The lowest BCUT2D eigenvalue weighted by Crippen LogP contribution is -2.35. The van der Waals surface area contributed by atoms with E-state index in [1.54, 1.807) is 17.6 Å². The molecule has 0 radical (unpaired) electrons. The predicted molar refractivity (Wildman–Crippen MR) is 90.1 cm³/mol. The fourth-order valence-electron chi connectivity index (χ4n) is 2.29. The lowest BCUT2D eigenvalue weighted by Gasteiger charge is -2.27. The Morgan fingerprint density at radius 3 is 2.68 bits per heavy atom. The first-order chi connectivity index (χ1) is 10.7. The number of hydrogen-bond donors (Lipinski definition) is 1. The van der Waals surface area contributed by atoms with Gasteiger partial charge in [-0.25, -0.2) is 15.4 Å². The van der Waals surface area contributed by atoms with Crippen molar-refractivity contribution in [3.8, 4) is 0 Å². The third-order valence-corrected chi connectivity index (χ3v) is 4.35. The fourth-order valence-corrected chi connectivity index (χ4v) is 3.23. The number of aromatic nitrogens is 2. The highest BCUT2D eigenvalue weighted by atomic mass is 32.1. The van der Waals surface area contributed by atoms with E-state index < -0.39 is 0 Å². The molecule has 2 aromatic heterocycles. The lowest BCUT2D eigenvalue weighted by atomic mass is 10.4. The molecule has 1 aliphatic heterocycles. The Morgan fingerprint density at radius 2 is 1.95 bits per heavy atom. The molecule has 1 fully saturated rings. The molecule has 1 aliphatic rings. The zero-order chi connectivity index (χ0) is 15.4. The highest BCUT2D eigenvalue weighted by Crippen LogP contribution is 2.25. The first kappa shape index (κ1) is 14.9. The van der Waals surface area contributed by atoms with Crippen molar-refractivity contribution in [1.82, 2.24) is 9.97 Å². The number of morpholine rings is 1. The van der Waals surface area contributed by atoms with Gasteiger partial charge in [0.15, 0.2) is 0 Å². The van der Waals surface area contributed by atoms with Crippen LogP contribution in [0.3, 0.4) is 0 Å². The lowest BCUT2D eigenvalue weighted by molar-refractivity contribution is 0.123. The summed E-state index contributed by atoms with van der Waals surface area (Å²) < 4.78 is 5.37. The number of hydrazone groups is 1. The van der Waals surface area contributed by atoms with Gasteiger partial charge >= 0.3 is 0 Å². The summed E-state index contributed by atoms with van der Waals surface area (Å²) in [4.78, 5) is 12.0. The number of nitrogens with zero attached hydrogens (tertiary/aromatic N) is 4. The van der Waals surface area contributed by atoms with Gasteiger partial charge in [-0.1, -0.05) is 0 Å². The highest BCUT2D eigenvalue weighted by molar-refractivity contribution is 7.17. The Balaban J connectivity index is 1.61. The Kier molecular flexibility index (Phi) is 4.65. The summed E-state index contributed by atoms with van der Waals surface area (Å²) in [6.45, 7) is 7.38. The molecular weight excluding hydrogens is 298 g/mol. The Morgan fingerprint density at radius 1 is 1.23 bits per heavy atom. The Bertz CT molecular complexity index is 643. The highest BCUT2D eigenvalue weighted by Gasteiger charge is 2.12. The van der Waals surface area contributed by atoms with Crippen molar-refractivity contribution >= 4 is 28.5 Å². The molecule has 0 unspecified atom stereocenters. The van der Waals surface area contributed by atoms with E-state index in [4.69, 9.17) is 4.74 Å². The van der Waals surface area contributed by atoms with Crippen LogP contribution in [0.15, 0.2) is 23.3 Å². The van der Waals surface area contributed by atoms with E-state index in [0.29, 0.717) is 5.95 Å². The van der Waals surface area contributed by atoms with E-state index in [1.807, 2.05) is 19.9 Å². The van der Waals surface area contributed by atoms with Gasteiger partial charge in [0.05, 0.1) is 24.4 Å². The van der Waals surface area contributed by atoms with Crippen LogP contribution in [0.5, 0.6) is 0 Å². The van der Waals surface area contributed by atoms with E-state index in [9.17, 15) is 0 Å². The van der Waals surface area contributed by atoms with Gasteiger partial charge in [-0.05, 0) is 32.0 Å². The van der Waals surface area contributed by atoms with Gasteiger partial charge in [0.1, 0.15) is 0 Å². The summed E-state index contributed by atoms with van der Waals surface area (Å²) in [6.07, 6.45) is 1.80. The smallest absolute Gasteiger partial charge is 0.243 e. The molecule has 0 saturated carbocycles. The van der Waals surface area contributed by atoms with Crippen molar-refractivity contribution in [2.75, 3.05) is 36.6 Å². The van der Waals surface area contributed by atoms with Crippen LogP contribution in [-0.2, 0) is 4.74 Å². The van der Waals surface area contributed by atoms with Gasteiger partial charge < -0.3 is 9.64 Å². The van der Waals surface area contributed by atoms with E-state index in [0.717, 1.165) is 42.6 Å². The molecule has 1 N–H and O–H groups in total. The van der Waals surface area contributed by atoms with E-state index in [2.05, 4.69) is 37.5 Å². The molecule has 6 nitrogen and oxygen atoms in total. The number of nitrogens with one attached hydrogen (secondary N) is 1. The predicted octanol–water partition coefficient (Wildman–Crippen LogP) is 2.44. The monoisotopic (exact) mass is 317 g/mol. The van der Waals surface area contributed by atoms with Gasteiger partial charge in [-0.2, -0.15) is 5.10 Å². The molecule has 0 aliphatic carbocycles. The van der Waals surface area contributed by atoms with Crippen LogP contribution >= 0.6 is 11.3 Å². The minimum absolute atomic E-state index is 0.527. The zero-order valence-corrected chi connectivity index (χ0v) is 13.6. The van der Waals surface area contributed by atoms with Crippen molar-refractivity contribution in [3.05, 3.63) is 34.5 Å². The van der Waals surface area contributed by atoms with Crippen LogP contribution in [0, 0.1) is 13.8 Å². The first-order valence-electron chi connectivity index (χ1n) is 7.24. The number of hydrogen-bond acceptors (Lipinski definition) is 7. The molecule has 3 heterocycles. The van der Waals surface area contributed by atoms with Crippen molar-refractivity contribution in [2.24, 2.45) is 5.10 Å². The Labute approximate surface area is 133 Å². The standard InChI is InChI=1S/C15H19N5OS/c1-11-9-12(2)18-15(17-11)19-16-10-13-3-4-14(22-13)20-5-7-21-8-6-20/h3-4,9-10H,5-8H2,1-2H3,(H,17,18,19)/b16-10-. The second kappa shape index (κ2) is 6.85. The van der Waals surface area contributed by atoms with Gasteiger partial charge in [0, 0.05) is 29.4 Å². The molecule has 0 aromatic carbocycles. The maximum Gasteiger partial charge on any atom is 0.243 e. The van der Waals surface area contributed by atoms with Crippen LogP contribution in [0.25, 0.3) is 0 Å². The van der Waals surface area contributed by atoms with E-state index in [1.165, 1.54) is 5.00 Å². The second-order valence-electron chi connectivity index (χ2n) is 5.12. The number of aryl methyl sites for hydroxylation is 2. The largest absolute Gasteiger partial charge is 0.378 e. The van der Waals surface area contributed by atoms with Crippen molar-refractivity contribution < 1.29 is 4.74 Å². The zero-order valence-electron chi connectivity index (χ0n) is 12.7. The molecule has 0 bridgehead atoms. The van der Waals surface area contributed by atoms with E-state index >= 15 is 0 Å². The van der Waals surface area contributed by atoms with Gasteiger partial charge in [0.2, 0.25) is 5.95 Å². The summed E-state index contributed by atoms with van der Waals surface area (Å²) in [7, 11) is 0. The van der Waals surface area contributed by atoms with Crippen LogP contribution in [0.1, 0.15) is 16.3 Å². The number of anilines is 2. The Hall–Kier alpha value is -1.99.